The first-order valence-electron chi connectivity index (χ1n) is 10.5. The first-order valence-corrected chi connectivity index (χ1v) is 11.4. The van der Waals surface area contributed by atoms with Crippen LogP contribution in [0.5, 0.6) is 0 Å². The molecule has 1 N–H and O–H groups in total. The fourth-order valence-electron chi connectivity index (χ4n) is 3.58. The summed E-state index contributed by atoms with van der Waals surface area (Å²) in [5, 5.41) is 5.29. The smallest absolute Gasteiger partial charge is 0.341 e. The number of carbonyl (C=O) groups excluding carboxylic acids is 2. The third kappa shape index (κ3) is 4.86. The largest absolute Gasteiger partial charge is 0.462 e. The predicted octanol–water partition coefficient (Wildman–Crippen LogP) is 5.77. The molecule has 0 radical (unpaired) electrons. The summed E-state index contributed by atoms with van der Waals surface area (Å²) in [5.41, 5.74) is 4.29. The van der Waals surface area contributed by atoms with Crippen LogP contribution in [0.1, 0.15) is 36.5 Å². The molecule has 1 aliphatic heterocycles. The van der Waals surface area contributed by atoms with Crippen molar-refractivity contribution in [3.63, 3.8) is 0 Å². The zero-order valence-corrected chi connectivity index (χ0v) is 18.2. The highest BCUT2D eigenvalue weighted by molar-refractivity contribution is 7.15. The molecular weight excluding hydrogens is 410 g/mol. The molecule has 1 unspecified atom stereocenters. The number of benzene rings is 2. The Morgan fingerprint density at radius 1 is 1.06 bits per heavy atom. The number of carbonyl (C=O) groups is 2. The third-order valence-corrected chi connectivity index (χ3v) is 6.09. The highest BCUT2D eigenvalue weighted by Gasteiger charge is 2.28. The third-order valence-electron chi connectivity index (χ3n) is 5.19. The van der Waals surface area contributed by atoms with Gasteiger partial charge in [0.15, 0.2) is 0 Å². The lowest BCUT2D eigenvalue weighted by Crippen LogP contribution is -2.27. The molecule has 3 aromatic rings. The van der Waals surface area contributed by atoms with Crippen LogP contribution in [-0.4, -0.2) is 31.2 Å². The van der Waals surface area contributed by atoms with E-state index in [-0.39, 0.29) is 5.91 Å². The van der Waals surface area contributed by atoms with Crippen molar-refractivity contribution in [1.82, 2.24) is 0 Å². The number of hydrogen-bond donors (Lipinski definition) is 1. The molecule has 6 heteroatoms. The van der Waals surface area contributed by atoms with Gasteiger partial charge in [-0.25, -0.2) is 4.79 Å². The number of nitrogens with one attached hydrogen (secondary N) is 1. The van der Waals surface area contributed by atoms with Crippen LogP contribution in [0.3, 0.4) is 0 Å². The molecule has 2 aromatic carbocycles. The van der Waals surface area contributed by atoms with E-state index in [2.05, 4.69) is 17.4 Å². The van der Waals surface area contributed by atoms with Crippen LogP contribution in [0, 0.1) is 0 Å². The number of esters is 1. The van der Waals surface area contributed by atoms with E-state index < -0.39 is 12.1 Å². The van der Waals surface area contributed by atoms with Crippen LogP contribution in [0.25, 0.3) is 22.3 Å². The number of hydrogen-bond acceptors (Lipinski definition) is 5. The molecule has 1 aliphatic rings. The predicted molar refractivity (Wildman–Crippen MR) is 123 cm³/mol. The first-order chi connectivity index (χ1) is 15.2. The minimum atomic E-state index is -0.463. The zero-order valence-electron chi connectivity index (χ0n) is 17.4. The minimum absolute atomic E-state index is 0.213. The van der Waals surface area contributed by atoms with Gasteiger partial charge in [0.25, 0.3) is 5.91 Å². The van der Waals surface area contributed by atoms with E-state index in [0.717, 1.165) is 35.1 Å². The second-order valence-corrected chi connectivity index (χ2v) is 8.30. The fraction of sp³-hybridized carbons (Fsp3) is 0.280. The SMILES string of the molecule is CCCOC(=O)c1c(-c2ccc(-c3ccccc3)cc2)csc1NC(=O)C1CCCO1. The van der Waals surface area contributed by atoms with Crippen LogP contribution < -0.4 is 5.32 Å². The van der Waals surface area contributed by atoms with E-state index in [4.69, 9.17) is 9.47 Å². The van der Waals surface area contributed by atoms with Gasteiger partial charge in [-0.15, -0.1) is 11.3 Å². The van der Waals surface area contributed by atoms with E-state index in [1.807, 2.05) is 54.8 Å². The van der Waals surface area contributed by atoms with Crippen molar-refractivity contribution >= 4 is 28.2 Å². The summed E-state index contributed by atoms with van der Waals surface area (Å²) in [5.74, 6) is -0.636. The van der Waals surface area contributed by atoms with Crippen molar-refractivity contribution in [3.05, 3.63) is 65.5 Å². The maximum Gasteiger partial charge on any atom is 0.341 e. The summed E-state index contributed by atoms with van der Waals surface area (Å²) in [7, 11) is 0. The Bertz CT molecular complexity index is 1040. The number of amides is 1. The van der Waals surface area contributed by atoms with E-state index in [1.54, 1.807) is 0 Å². The quantitative estimate of drug-likeness (QED) is 0.479. The number of anilines is 1. The van der Waals surface area contributed by atoms with Crippen LogP contribution in [-0.2, 0) is 14.3 Å². The molecule has 1 aromatic heterocycles. The molecule has 0 aliphatic carbocycles. The summed E-state index contributed by atoms with van der Waals surface area (Å²) in [4.78, 5) is 25.4. The fourth-order valence-corrected chi connectivity index (χ4v) is 4.54. The van der Waals surface area contributed by atoms with E-state index in [0.29, 0.717) is 30.2 Å². The van der Waals surface area contributed by atoms with E-state index in [9.17, 15) is 9.59 Å². The Kier molecular flexibility index (Phi) is 6.79. The van der Waals surface area contributed by atoms with Gasteiger partial charge in [-0.2, -0.15) is 0 Å². The number of ether oxygens (including phenoxy) is 2. The van der Waals surface area contributed by atoms with Gasteiger partial charge in [-0.05, 0) is 36.0 Å². The topological polar surface area (TPSA) is 64.6 Å². The van der Waals surface area contributed by atoms with Gasteiger partial charge in [0.2, 0.25) is 0 Å². The van der Waals surface area contributed by atoms with Crippen molar-refractivity contribution in [2.45, 2.75) is 32.3 Å². The summed E-state index contributed by atoms with van der Waals surface area (Å²) in [6, 6.07) is 18.2. The molecule has 31 heavy (non-hydrogen) atoms. The first kappa shape index (κ1) is 21.3. The molecule has 1 atom stereocenters. The molecule has 1 saturated heterocycles. The lowest BCUT2D eigenvalue weighted by molar-refractivity contribution is -0.124. The van der Waals surface area contributed by atoms with E-state index in [1.165, 1.54) is 11.3 Å². The van der Waals surface area contributed by atoms with Gasteiger partial charge in [-0.1, -0.05) is 61.5 Å². The average molecular weight is 436 g/mol. The van der Waals surface area contributed by atoms with Gasteiger partial charge in [0.05, 0.1) is 6.61 Å². The molecule has 5 nitrogen and oxygen atoms in total. The van der Waals surface area contributed by atoms with Crippen molar-refractivity contribution in [3.8, 4) is 22.3 Å². The standard InChI is InChI=1S/C25H25NO4S/c1-2-14-30-25(28)22-20(16-31-24(22)26-23(27)21-9-6-15-29-21)19-12-10-18(11-13-19)17-7-4-3-5-8-17/h3-5,7-8,10-13,16,21H,2,6,9,14-15H2,1H3,(H,26,27). The van der Waals surface area contributed by atoms with Gasteiger partial charge >= 0.3 is 5.97 Å². The zero-order chi connectivity index (χ0) is 21.6. The molecule has 1 fully saturated rings. The van der Waals surface area contributed by atoms with Crippen molar-refractivity contribution in [2.75, 3.05) is 18.5 Å². The van der Waals surface area contributed by atoms with Gasteiger partial charge < -0.3 is 14.8 Å². The molecule has 0 bridgehead atoms. The lowest BCUT2D eigenvalue weighted by Gasteiger charge is -2.12. The number of rotatable bonds is 7. The average Bonchev–Trinajstić information content (AvgIpc) is 3.49. The Morgan fingerprint density at radius 2 is 1.77 bits per heavy atom. The number of thiophene rings is 1. The van der Waals surface area contributed by atoms with Crippen LogP contribution >= 0.6 is 11.3 Å². The van der Waals surface area contributed by atoms with Crippen molar-refractivity contribution < 1.29 is 19.1 Å². The van der Waals surface area contributed by atoms with Crippen LogP contribution in [0.15, 0.2) is 60.0 Å². The molecular formula is C25H25NO4S. The molecule has 0 saturated carbocycles. The van der Waals surface area contributed by atoms with Gasteiger partial charge in [0, 0.05) is 17.6 Å². The second-order valence-electron chi connectivity index (χ2n) is 7.42. The van der Waals surface area contributed by atoms with Crippen molar-refractivity contribution in [1.29, 1.82) is 0 Å². The second kappa shape index (κ2) is 9.90. The van der Waals surface area contributed by atoms with Crippen LogP contribution in [0.4, 0.5) is 5.00 Å². The molecule has 0 spiro atoms. The molecule has 1 amide bonds. The molecule has 2 heterocycles. The molecule has 160 valence electrons. The van der Waals surface area contributed by atoms with Crippen molar-refractivity contribution in [2.24, 2.45) is 0 Å². The summed E-state index contributed by atoms with van der Waals surface area (Å²) >= 11 is 1.33. The highest BCUT2D eigenvalue weighted by atomic mass is 32.1. The molecule has 4 rings (SSSR count). The van der Waals surface area contributed by atoms with Gasteiger partial charge in [-0.3, -0.25) is 4.79 Å². The Morgan fingerprint density at radius 3 is 2.45 bits per heavy atom. The maximum atomic E-state index is 12.9. The lowest BCUT2D eigenvalue weighted by atomic mass is 9.99. The van der Waals surface area contributed by atoms with Gasteiger partial charge in [0.1, 0.15) is 16.7 Å². The van der Waals surface area contributed by atoms with E-state index >= 15 is 0 Å². The monoisotopic (exact) mass is 435 g/mol. The normalized spacial score (nSPS) is 15.6. The summed E-state index contributed by atoms with van der Waals surface area (Å²) in [6.07, 6.45) is 1.83. The maximum absolute atomic E-state index is 12.9. The Hall–Kier alpha value is -2.96. The Labute approximate surface area is 186 Å². The summed E-state index contributed by atoms with van der Waals surface area (Å²) < 4.78 is 10.9. The highest BCUT2D eigenvalue weighted by Crippen LogP contribution is 2.37. The minimum Gasteiger partial charge on any atom is -0.462 e. The Balaban J connectivity index is 1.64. The van der Waals surface area contributed by atoms with Crippen LogP contribution in [0.2, 0.25) is 0 Å². The summed E-state index contributed by atoms with van der Waals surface area (Å²) in [6.45, 7) is 2.87.